The Bertz CT molecular complexity index is 1550. The zero-order chi connectivity index (χ0) is 23.2. The molecular formula is C27H25N7. The fraction of sp³-hybridized carbons (Fsp3) is 0.259. The van der Waals surface area contributed by atoms with Gasteiger partial charge in [-0.15, -0.1) is 0 Å². The van der Waals surface area contributed by atoms with Gasteiger partial charge in [-0.05, 0) is 43.6 Å². The van der Waals surface area contributed by atoms with Crippen LogP contribution in [-0.2, 0) is 13.6 Å². The van der Waals surface area contributed by atoms with Crippen LogP contribution in [0.5, 0.6) is 0 Å². The number of rotatable bonds is 4. The Morgan fingerprint density at radius 3 is 2.59 bits per heavy atom. The number of aromatic nitrogens is 5. The Kier molecular flexibility index (Phi) is 4.89. The van der Waals surface area contributed by atoms with Gasteiger partial charge in [-0.3, -0.25) is 9.67 Å². The number of hydrogen-bond donors (Lipinski definition) is 0. The third-order valence-electron chi connectivity index (χ3n) is 6.92. The minimum atomic E-state index is 0.622. The molecule has 0 radical (unpaired) electrons. The van der Waals surface area contributed by atoms with Crippen LogP contribution in [0.4, 0.5) is 5.69 Å². The van der Waals surface area contributed by atoms with Crippen molar-refractivity contribution in [2.45, 2.75) is 13.0 Å². The number of likely N-dealkylation sites (tertiary alicyclic amines) is 1. The molecular weight excluding hydrogens is 422 g/mol. The van der Waals surface area contributed by atoms with Gasteiger partial charge in [0.05, 0.1) is 42.0 Å². The van der Waals surface area contributed by atoms with Gasteiger partial charge in [0.25, 0.3) is 0 Å². The van der Waals surface area contributed by atoms with Crippen molar-refractivity contribution in [2.24, 2.45) is 13.0 Å². The molecule has 1 atom stereocenters. The normalized spacial score (nSPS) is 16.4. The molecule has 3 aromatic heterocycles. The fourth-order valence-electron chi connectivity index (χ4n) is 5.13. The van der Waals surface area contributed by atoms with E-state index < -0.39 is 0 Å². The summed E-state index contributed by atoms with van der Waals surface area (Å²) in [5.74, 6) is 0.622. The number of pyridine rings is 1. The van der Waals surface area contributed by atoms with Crippen molar-refractivity contribution in [3.05, 3.63) is 72.6 Å². The van der Waals surface area contributed by atoms with Crippen LogP contribution in [0, 0.1) is 12.5 Å². The first-order valence-electron chi connectivity index (χ1n) is 11.5. The molecule has 0 spiro atoms. The summed E-state index contributed by atoms with van der Waals surface area (Å²) in [7, 11) is 4.13. The summed E-state index contributed by atoms with van der Waals surface area (Å²) in [4.78, 5) is 15.8. The number of nitrogens with zero attached hydrogens (tertiary/aromatic N) is 7. The minimum Gasteiger partial charge on any atom is -0.329 e. The monoisotopic (exact) mass is 447 g/mol. The molecule has 1 aliphatic rings. The Hall–Kier alpha value is -4.02. The van der Waals surface area contributed by atoms with Crippen LogP contribution in [0.15, 0.2) is 61.2 Å². The van der Waals surface area contributed by atoms with Crippen molar-refractivity contribution in [1.82, 2.24) is 29.2 Å². The average Bonchev–Trinajstić information content (AvgIpc) is 3.57. The number of benzene rings is 2. The summed E-state index contributed by atoms with van der Waals surface area (Å²) in [5.41, 5.74) is 7.62. The first kappa shape index (κ1) is 20.6. The van der Waals surface area contributed by atoms with Crippen molar-refractivity contribution in [2.75, 3.05) is 20.1 Å². The van der Waals surface area contributed by atoms with Crippen molar-refractivity contribution in [1.29, 1.82) is 0 Å². The number of fused-ring (bicyclic) bond motifs is 2. The van der Waals surface area contributed by atoms with Gasteiger partial charge in [-0.25, -0.2) is 9.83 Å². The van der Waals surface area contributed by atoms with E-state index in [1.54, 1.807) is 0 Å². The molecule has 6 rings (SSSR count). The highest BCUT2D eigenvalue weighted by Crippen LogP contribution is 2.37. The van der Waals surface area contributed by atoms with Gasteiger partial charge in [0.15, 0.2) is 5.69 Å². The maximum Gasteiger partial charge on any atom is 0.187 e. The lowest BCUT2D eigenvalue weighted by Gasteiger charge is -2.14. The molecule has 1 unspecified atom stereocenters. The van der Waals surface area contributed by atoms with E-state index in [1.165, 1.54) is 6.42 Å². The molecule has 1 saturated heterocycles. The SMILES string of the molecule is [C-]#[N+]c1ccc(-c2c(-c3ccc4c(cnn4C)c3)ncc3c2ncn3CC2CCN(C)C2)cc1. The summed E-state index contributed by atoms with van der Waals surface area (Å²) in [6, 6.07) is 14.0. The Morgan fingerprint density at radius 2 is 1.82 bits per heavy atom. The second-order valence-corrected chi connectivity index (χ2v) is 9.23. The largest absolute Gasteiger partial charge is 0.329 e. The molecule has 34 heavy (non-hydrogen) atoms. The summed E-state index contributed by atoms with van der Waals surface area (Å²) in [5, 5.41) is 5.46. The van der Waals surface area contributed by atoms with Crippen LogP contribution >= 0.6 is 0 Å². The Morgan fingerprint density at radius 1 is 1.00 bits per heavy atom. The molecule has 0 N–H and O–H groups in total. The van der Waals surface area contributed by atoms with Gasteiger partial charge in [0, 0.05) is 36.7 Å². The molecule has 1 fully saturated rings. The topological polar surface area (TPSA) is 56.1 Å². The summed E-state index contributed by atoms with van der Waals surface area (Å²) in [6.45, 7) is 10.5. The Balaban J connectivity index is 1.52. The quantitative estimate of drug-likeness (QED) is 0.357. The zero-order valence-electron chi connectivity index (χ0n) is 19.3. The molecule has 2 aromatic carbocycles. The van der Waals surface area contributed by atoms with Crippen molar-refractivity contribution < 1.29 is 0 Å². The molecule has 0 bridgehead atoms. The molecule has 4 heterocycles. The molecule has 1 aliphatic heterocycles. The van der Waals surface area contributed by atoms with Crippen molar-refractivity contribution in [3.8, 4) is 22.4 Å². The van der Waals surface area contributed by atoms with E-state index in [2.05, 4.69) is 44.7 Å². The predicted octanol–water partition coefficient (Wildman–Crippen LogP) is 5.15. The van der Waals surface area contributed by atoms with E-state index in [1.807, 2.05) is 54.7 Å². The molecule has 0 saturated carbocycles. The van der Waals surface area contributed by atoms with Crippen LogP contribution in [0.2, 0.25) is 0 Å². The molecule has 5 aromatic rings. The second-order valence-electron chi connectivity index (χ2n) is 9.23. The smallest absolute Gasteiger partial charge is 0.187 e. The molecule has 0 aliphatic carbocycles. The summed E-state index contributed by atoms with van der Waals surface area (Å²) in [6.07, 6.45) is 7.00. The molecule has 168 valence electrons. The van der Waals surface area contributed by atoms with Gasteiger partial charge in [-0.2, -0.15) is 5.10 Å². The highest BCUT2D eigenvalue weighted by Gasteiger charge is 2.22. The number of imidazole rings is 1. The van der Waals surface area contributed by atoms with E-state index in [9.17, 15) is 0 Å². The maximum atomic E-state index is 7.32. The van der Waals surface area contributed by atoms with Crippen LogP contribution in [0.3, 0.4) is 0 Å². The third-order valence-corrected chi connectivity index (χ3v) is 6.92. The van der Waals surface area contributed by atoms with Crippen LogP contribution in [0.1, 0.15) is 6.42 Å². The minimum absolute atomic E-state index is 0.622. The fourth-order valence-corrected chi connectivity index (χ4v) is 5.13. The zero-order valence-corrected chi connectivity index (χ0v) is 19.3. The predicted molar refractivity (Wildman–Crippen MR) is 135 cm³/mol. The van der Waals surface area contributed by atoms with Crippen LogP contribution in [0.25, 0.3) is 49.2 Å². The molecule has 0 amide bonds. The molecule has 7 heteroatoms. The first-order valence-corrected chi connectivity index (χ1v) is 11.5. The van der Waals surface area contributed by atoms with E-state index in [-0.39, 0.29) is 0 Å². The van der Waals surface area contributed by atoms with Gasteiger partial charge < -0.3 is 9.47 Å². The average molecular weight is 448 g/mol. The van der Waals surface area contributed by atoms with Crippen molar-refractivity contribution >= 4 is 27.6 Å². The van der Waals surface area contributed by atoms with E-state index in [0.717, 1.165) is 64.0 Å². The van der Waals surface area contributed by atoms with Gasteiger partial charge >= 0.3 is 0 Å². The summed E-state index contributed by atoms with van der Waals surface area (Å²) < 4.78 is 4.12. The lowest BCUT2D eigenvalue weighted by atomic mass is 9.97. The standard InChI is InChI=1S/C27H25N7/c1-28-22-7-4-19(5-8-22)25-26(20-6-9-23-21(12-20)13-31-33(23)3)29-14-24-27(25)30-17-34(24)16-18-10-11-32(2)15-18/h4-9,12-14,17-18H,10-11,15-16H2,2-3H3. The Labute approximate surface area is 198 Å². The maximum absolute atomic E-state index is 7.32. The van der Waals surface area contributed by atoms with Gasteiger partial charge in [0.1, 0.15) is 5.52 Å². The third kappa shape index (κ3) is 3.44. The second kappa shape index (κ2) is 8.08. The lowest BCUT2D eigenvalue weighted by Crippen LogP contribution is -2.16. The van der Waals surface area contributed by atoms with Crippen LogP contribution < -0.4 is 0 Å². The van der Waals surface area contributed by atoms with E-state index >= 15 is 0 Å². The van der Waals surface area contributed by atoms with E-state index in [0.29, 0.717) is 11.6 Å². The van der Waals surface area contributed by atoms with Gasteiger partial charge in [-0.1, -0.05) is 30.3 Å². The highest BCUT2D eigenvalue weighted by molar-refractivity contribution is 6.00. The number of hydrogen-bond acceptors (Lipinski definition) is 4. The molecule has 7 nitrogen and oxygen atoms in total. The summed E-state index contributed by atoms with van der Waals surface area (Å²) >= 11 is 0. The van der Waals surface area contributed by atoms with Crippen LogP contribution in [-0.4, -0.2) is 49.4 Å². The van der Waals surface area contributed by atoms with Crippen molar-refractivity contribution in [3.63, 3.8) is 0 Å². The van der Waals surface area contributed by atoms with E-state index in [4.69, 9.17) is 16.5 Å². The first-order chi connectivity index (χ1) is 16.6. The lowest BCUT2D eigenvalue weighted by molar-refractivity contribution is 0.379. The highest BCUT2D eigenvalue weighted by atomic mass is 15.2. The number of aryl methyl sites for hydroxylation is 1. The van der Waals surface area contributed by atoms with Gasteiger partial charge in [0.2, 0.25) is 0 Å².